The number of ether oxygens (including phenoxy) is 2. The van der Waals surface area contributed by atoms with Gasteiger partial charge in [0.25, 0.3) is 11.8 Å². The first-order chi connectivity index (χ1) is 19.0. The van der Waals surface area contributed by atoms with Gasteiger partial charge in [-0.15, -0.1) is 11.3 Å². The fraction of sp³-hybridized carbons (Fsp3) is 0.345. The van der Waals surface area contributed by atoms with E-state index in [1.165, 1.54) is 22.4 Å². The van der Waals surface area contributed by atoms with Crippen molar-refractivity contribution in [1.82, 2.24) is 14.8 Å². The van der Waals surface area contributed by atoms with Crippen LogP contribution in [0.4, 0.5) is 4.39 Å². The topological polar surface area (TPSA) is 74.7 Å². The molecule has 1 fully saturated rings. The molecule has 2 aliphatic rings. The van der Waals surface area contributed by atoms with Crippen LogP contribution in [-0.4, -0.2) is 85.4 Å². The second-order valence-electron chi connectivity index (χ2n) is 9.41. The Balaban J connectivity index is 1.39. The van der Waals surface area contributed by atoms with E-state index in [9.17, 15) is 14.0 Å². The highest BCUT2D eigenvalue weighted by atomic mass is 32.1. The van der Waals surface area contributed by atoms with Gasteiger partial charge in [-0.2, -0.15) is 5.10 Å². The molecule has 204 valence electrons. The van der Waals surface area contributed by atoms with Crippen molar-refractivity contribution in [2.24, 2.45) is 5.10 Å². The number of halogens is 1. The number of amides is 2. The lowest BCUT2D eigenvalue weighted by atomic mass is 10.0. The largest absolute Gasteiger partial charge is 0.497 e. The third-order valence-electron chi connectivity index (χ3n) is 6.96. The quantitative estimate of drug-likeness (QED) is 0.402. The normalized spacial score (nSPS) is 17.6. The van der Waals surface area contributed by atoms with Crippen molar-refractivity contribution in [2.75, 3.05) is 53.0 Å². The Kier molecular flexibility index (Phi) is 8.65. The summed E-state index contributed by atoms with van der Waals surface area (Å²) in [6, 6.07) is 16.8. The van der Waals surface area contributed by atoms with Gasteiger partial charge in [-0.05, 0) is 41.8 Å². The minimum absolute atomic E-state index is 0.148. The summed E-state index contributed by atoms with van der Waals surface area (Å²) in [5.74, 6) is -0.293. The van der Waals surface area contributed by atoms with Crippen LogP contribution in [0, 0.1) is 5.82 Å². The van der Waals surface area contributed by atoms with Crippen LogP contribution in [0.3, 0.4) is 0 Å². The second-order valence-corrected chi connectivity index (χ2v) is 10.4. The molecule has 0 bridgehead atoms. The molecule has 10 heteroatoms. The number of rotatable bonds is 9. The number of hydrogen-bond acceptors (Lipinski definition) is 7. The highest BCUT2D eigenvalue weighted by Gasteiger charge is 2.35. The highest BCUT2D eigenvalue weighted by molar-refractivity contribution is 7.10. The van der Waals surface area contributed by atoms with Crippen LogP contribution in [0.15, 0.2) is 71.1 Å². The fourth-order valence-corrected chi connectivity index (χ4v) is 5.60. The zero-order valence-corrected chi connectivity index (χ0v) is 22.6. The highest BCUT2D eigenvalue weighted by Crippen LogP contribution is 2.35. The molecule has 8 nitrogen and oxygen atoms in total. The SMILES string of the molecule is COc1ccc(C(=O)N(CCN2CCOCC2)CC(=O)N2N=C(c3ccccc3F)C[C@@H]2c2cccs2)cc1. The number of hydrogen-bond donors (Lipinski definition) is 0. The Morgan fingerprint density at radius 3 is 2.56 bits per heavy atom. The molecule has 1 aromatic heterocycles. The van der Waals surface area contributed by atoms with Crippen molar-refractivity contribution in [3.8, 4) is 5.75 Å². The third kappa shape index (κ3) is 6.35. The summed E-state index contributed by atoms with van der Waals surface area (Å²) in [7, 11) is 1.57. The summed E-state index contributed by atoms with van der Waals surface area (Å²) < 4.78 is 25.3. The molecule has 1 atom stereocenters. The average molecular weight is 551 g/mol. The summed E-state index contributed by atoms with van der Waals surface area (Å²) in [6.45, 7) is 3.70. The molecule has 2 amide bonds. The first-order valence-corrected chi connectivity index (χ1v) is 13.8. The Morgan fingerprint density at radius 2 is 1.87 bits per heavy atom. The van der Waals surface area contributed by atoms with E-state index < -0.39 is 0 Å². The van der Waals surface area contributed by atoms with Crippen molar-refractivity contribution in [3.63, 3.8) is 0 Å². The minimum Gasteiger partial charge on any atom is -0.497 e. The van der Waals surface area contributed by atoms with Crippen LogP contribution in [0.5, 0.6) is 5.75 Å². The molecule has 5 rings (SSSR count). The molecule has 0 N–H and O–H groups in total. The van der Waals surface area contributed by atoms with Gasteiger partial charge in [0, 0.05) is 48.6 Å². The molecule has 1 saturated heterocycles. The molecule has 2 aliphatic heterocycles. The Bertz CT molecular complexity index is 1310. The van der Waals surface area contributed by atoms with E-state index in [-0.39, 0.29) is 30.2 Å². The van der Waals surface area contributed by atoms with Crippen molar-refractivity contribution >= 4 is 28.9 Å². The van der Waals surface area contributed by atoms with Crippen molar-refractivity contribution in [3.05, 3.63) is 87.9 Å². The lowest BCUT2D eigenvalue weighted by molar-refractivity contribution is -0.133. The van der Waals surface area contributed by atoms with Crippen LogP contribution >= 0.6 is 11.3 Å². The van der Waals surface area contributed by atoms with E-state index in [0.717, 1.165) is 18.0 Å². The molecule has 0 saturated carbocycles. The predicted molar refractivity (Wildman–Crippen MR) is 148 cm³/mol. The lowest BCUT2D eigenvalue weighted by Crippen LogP contribution is -2.46. The molecule has 3 heterocycles. The summed E-state index contributed by atoms with van der Waals surface area (Å²) in [5, 5.41) is 7.97. The van der Waals surface area contributed by atoms with Crippen LogP contribution < -0.4 is 4.74 Å². The van der Waals surface area contributed by atoms with E-state index in [1.807, 2.05) is 17.5 Å². The maximum atomic E-state index is 14.6. The van der Waals surface area contributed by atoms with E-state index in [0.29, 0.717) is 55.3 Å². The molecule has 2 aromatic carbocycles. The van der Waals surface area contributed by atoms with Crippen LogP contribution in [0.25, 0.3) is 0 Å². The van der Waals surface area contributed by atoms with Crippen LogP contribution in [0.1, 0.15) is 33.3 Å². The monoisotopic (exact) mass is 550 g/mol. The van der Waals surface area contributed by atoms with E-state index >= 15 is 0 Å². The number of thiophene rings is 1. The molecule has 3 aromatic rings. The van der Waals surface area contributed by atoms with E-state index in [2.05, 4.69) is 10.0 Å². The number of carbonyl (C=O) groups excluding carboxylic acids is 2. The fourth-order valence-electron chi connectivity index (χ4n) is 4.79. The van der Waals surface area contributed by atoms with Gasteiger partial charge < -0.3 is 14.4 Å². The van der Waals surface area contributed by atoms with Gasteiger partial charge in [0.1, 0.15) is 18.1 Å². The predicted octanol–water partition coefficient (Wildman–Crippen LogP) is 4.05. The Morgan fingerprint density at radius 1 is 1.10 bits per heavy atom. The zero-order chi connectivity index (χ0) is 27.2. The summed E-state index contributed by atoms with van der Waals surface area (Å²) >= 11 is 1.53. The standard InChI is InChI=1S/C29H31FN4O4S/c1-37-22-10-8-21(9-11-22)29(36)33(13-12-32-14-16-38-17-15-32)20-28(35)34-26(27-7-4-18-39-27)19-25(31-34)23-5-2-3-6-24(23)30/h2-11,18,26H,12-17,19-20H2,1H3/t26-/m1/s1. The number of hydrazone groups is 1. The molecular formula is C29H31FN4O4S. The number of benzene rings is 2. The Hall–Kier alpha value is -3.60. The van der Waals surface area contributed by atoms with Gasteiger partial charge in [-0.25, -0.2) is 9.40 Å². The maximum Gasteiger partial charge on any atom is 0.262 e. The van der Waals surface area contributed by atoms with Crippen LogP contribution in [-0.2, 0) is 9.53 Å². The van der Waals surface area contributed by atoms with Crippen molar-refractivity contribution in [2.45, 2.75) is 12.5 Å². The Labute approximate surface area is 231 Å². The van der Waals surface area contributed by atoms with Crippen molar-refractivity contribution < 1.29 is 23.5 Å². The number of morpholine rings is 1. The van der Waals surface area contributed by atoms with Crippen molar-refractivity contribution in [1.29, 1.82) is 0 Å². The summed E-state index contributed by atoms with van der Waals surface area (Å²) in [5.41, 5.74) is 1.37. The average Bonchev–Trinajstić information content (AvgIpc) is 3.66. The minimum atomic E-state index is -0.378. The lowest BCUT2D eigenvalue weighted by Gasteiger charge is -2.31. The molecule has 0 spiro atoms. The van der Waals surface area contributed by atoms with Gasteiger partial charge in [0.05, 0.1) is 32.1 Å². The number of carbonyl (C=O) groups is 2. The maximum absolute atomic E-state index is 14.6. The van der Waals surface area contributed by atoms with Gasteiger partial charge in [-0.3, -0.25) is 14.5 Å². The smallest absolute Gasteiger partial charge is 0.262 e. The van der Waals surface area contributed by atoms with Gasteiger partial charge in [-0.1, -0.05) is 24.3 Å². The van der Waals surface area contributed by atoms with E-state index in [4.69, 9.17) is 9.47 Å². The second kappa shape index (κ2) is 12.5. The number of nitrogens with zero attached hydrogens (tertiary/aromatic N) is 4. The number of methoxy groups -OCH3 is 1. The van der Waals surface area contributed by atoms with E-state index in [1.54, 1.807) is 54.5 Å². The first kappa shape index (κ1) is 27.0. The van der Waals surface area contributed by atoms with Crippen LogP contribution in [0.2, 0.25) is 0 Å². The first-order valence-electron chi connectivity index (χ1n) is 12.9. The molecule has 0 unspecified atom stereocenters. The van der Waals surface area contributed by atoms with Gasteiger partial charge >= 0.3 is 0 Å². The summed E-state index contributed by atoms with van der Waals surface area (Å²) in [4.78, 5) is 32.1. The molecular weight excluding hydrogens is 519 g/mol. The van der Waals surface area contributed by atoms with Gasteiger partial charge in [0.15, 0.2) is 0 Å². The third-order valence-corrected chi connectivity index (χ3v) is 7.94. The molecule has 0 aliphatic carbocycles. The molecule has 39 heavy (non-hydrogen) atoms. The molecule has 0 radical (unpaired) electrons. The zero-order valence-electron chi connectivity index (χ0n) is 21.8. The summed E-state index contributed by atoms with van der Waals surface area (Å²) in [6.07, 6.45) is 0.396. The van der Waals surface area contributed by atoms with Gasteiger partial charge in [0.2, 0.25) is 0 Å².